The van der Waals surface area contributed by atoms with E-state index in [1.165, 1.54) is 16.8 Å². The summed E-state index contributed by atoms with van der Waals surface area (Å²) in [6.45, 7) is 0. The number of aromatic nitrogens is 1. The van der Waals surface area contributed by atoms with Crippen molar-refractivity contribution in [2.24, 2.45) is 5.84 Å². The van der Waals surface area contributed by atoms with Gasteiger partial charge < -0.3 is 4.90 Å². The molecule has 1 heterocycles. The lowest BCUT2D eigenvalue weighted by molar-refractivity contribution is 0.551. The Bertz CT molecular complexity index is 511. The van der Waals surface area contributed by atoms with Crippen LogP contribution in [-0.4, -0.2) is 19.1 Å². The van der Waals surface area contributed by atoms with Gasteiger partial charge in [0.2, 0.25) is 0 Å². The smallest absolute Gasteiger partial charge is 0.0501 e. The van der Waals surface area contributed by atoms with Crippen molar-refractivity contribution in [2.45, 2.75) is 12.5 Å². The molecule has 0 saturated heterocycles. The number of hydrazine groups is 1. The minimum atomic E-state index is 0.0871. The molecule has 2 aromatic rings. The first kappa shape index (κ1) is 13.5. The first-order valence-electron chi connectivity index (χ1n) is 6.33. The summed E-state index contributed by atoms with van der Waals surface area (Å²) in [6, 6.07) is 12.5. The van der Waals surface area contributed by atoms with Crippen LogP contribution in [0, 0.1) is 0 Å². The van der Waals surface area contributed by atoms with Gasteiger partial charge in [-0.2, -0.15) is 0 Å². The normalized spacial score (nSPS) is 12.2. The first-order chi connectivity index (χ1) is 9.20. The molecular formula is C15H20N4. The van der Waals surface area contributed by atoms with Crippen molar-refractivity contribution in [1.82, 2.24) is 10.4 Å². The highest BCUT2D eigenvalue weighted by Crippen LogP contribution is 2.21. The predicted molar refractivity (Wildman–Crippen MR) is 78.8 cm³/mol. The summed E-state index contributed by atoms with van der Waals surface area (Å²) in [6.07, 6.45) is 4.47. The summed E-state index contributed by atoms with van der Waals surface area (Å²) in [5, 5.41) is 0. The summed E-state index contributed by atoms with van der Waals surface area (Å²) in [7, 11) is 4.07. The van der Waals surface area contributed by atoms with Crippen molar-refractivity contribution in [2.75, 3.05) is 19.0 Å². The Morgan fingerprint density at radius 3 is 2.74 bits per heavy atom. The Morgan fingerprint density at radius 2 is 2.11 bits per heavy atom. The molecule has 0 radical (unpaired) electrons. The van der Waals surface area contributed by atoms with Gasteiger partial charge >= 0.3 is 0 Å². The van der Waals surface area contributed by atoms with E-state index in [1.54, 1.807) is 6.20 Å². The summed E-state index contributed by atoms with van der Waals surface area (Å²) < 4.78 is 0. The van der Waals surface area contributed by atoms with E-state index in [4.69, 9.17) is 5.84 Å². The van der Waals surface area contributed by atoms with Crippen LogP contribution in [-0.2, 0) is 6.42 Å². The average Bonchev–Trinajstić information content (AvgIpc) is 2.46. The lowest BCUT2D eigenvalue weighted by Gasteiger charge is -2.19. The quantitative estimate of drug-likeness (QED) is 0.633. The fourth-order valence-electron chi connectivity index (χ4n) is 2.05. The maximum absolute atomic E-state index is 5.69. The van der Waals surface area contributed by atoms with Crippen LogP contribution in [0.25, 0.3) is 0 Å². The van der Waals surface area contributed by atoms with Crippen LogP contribution in [0.4, 0.5) is 5.69 Å². The van der Waals surface area contributed by atoms with E-state index in [0.717, 1.165) is 6.42 Å². The number of pyridine rings is 1. The molecule has 3 N–H and O–H groups in total. The lowest BCUT2D eigenvalue weighted by atomic mass is 10.00. The number of nitrogens with one attached hydrogen (secondary N) is 1. The van der Waals surface area contributed by atoms with E-state index < -0.39 is 0 Å². The molecule has 0 spiro atoms. The minimum absolute atomic E-state index is 0.0871. The van der Waals surface area contributed by atoms with E-state index in [-0.39, 0.29) is 6.04 Å². The fourth-order valence-corrected chi connectivity index (χ4v) is 2.05. The van der Waals surface area contributed by atoms with Crippen molar-refractivity contribution in [3.8, 4) is 0 Å². The second-order valence-corrected chi connectivity index (χ2v) is 4.77. The third-order valence-electron chi connectivity index (χ3n) is 3.15. The molecule has 0 bridgehead atoms. The zero-order valence-electron chi connectivity index (χ0n) is 11.4. The molecule has 1 unspecified atom stereocenters. The number of rotatable bonds is 5. The Labute approximate surface area is 114 Å². The Morgan fingerprint density at radius 1 is 1.26 bits per heavy atom. The molecule has 0 saturated carbocycles. The van der Waals surface area contributed by atoms with Crippen LogP contribution in [0.2, 0.25) is 0 Å². The summed E-state index contributed by atoms with van der Waals surface area (Å²) >= 11 is 0. The van der Waals surface area contributed by atoms with E-state index in [1.807, 2.05) is 26.4 Å². The van der Waals surface area contributed by atoms with Crippen molar-refractivity contribution < 1.29 is 0 Å². The van der Waals surface area contributed by atoms with Gasteiger partial charge in [0, 0.05) is 32.2 Å². The highest BCUT2D eigenvalue weighted by atomic mass is 15.2. The van der Waals surface area contributed by atoms with Crippen LogP contribution in [0.5, 0.6) is 0 Å². The predicted octanol–water partition coefficient (Wildman–Crippen LogP) is 1.89. The summed E-state index contributed by atoms with van der Waals surface area (Å²) in [5.74, 6) is 5.69. The topological polar surface area (TPSA) is 54.2 Å². The standard InChI is InChI=1S/C15H20N4/c1-19(2)14-7-3-6-13(10-14)15(18-16)9-12-5-4-8-17-11-12/h3-8,10-11,15,18H,9,16H2,1-2H3. The van der Waals surface area contributed by atoms with E-state index in [9.17, 15) is 0 Å². The van der Waals surface area contributed by atoms with Crippen LogP contribution in [0.15, 0.2) is 48.8 Å². The molecule has 0 fully saturated rings. The van der Waals surface area contributed by atoms with Crippen molar-refractivity contribution >= 4 is 5.69 Å². The van der Waals surface area contributed by atoms with Gasteiger partial charge in [0.1, 0.15) is 0 Å². The minimum Gasteiger partial charge on any atom is -0.378 e. The van der Waals surface area contributed by atoms with Gasteiger partial charge in [-0.1, -0.05) is 18.2 Å². The summed E-state index contributed by atoms with van der Waals surface area (Å²) in [5.41, 5.74) is 6.40. The van der Waals surface area contributed by atoms with Crippen LogP contribution >= 0.6 is 0 Å². The molecule has 4 heteroatoms. The Kier molecular flexibility index (Phi) is 4.49. The second-order valence-electron chi connectivity index (χ2n) is 4.77. The van der Waals surface area contributed by atoms with E-state index in [2.05, 4.69) is 45.6 Å². The number of hydrogen-bond donors (Lipinski definition) is 2. The lowest BCUT2D eigenvalue weighted by Crippen LogP contribution is -2.29. The fraction of sp³-hybridized carbons (Fsp3) is 0.267. The largest absolute Gasteiger partial charge is 0.378 e. The SMILES string of the molecule is CN(C)c1cccc(C(Cc2cccnc2)NN)c1. The first-order valence-corrected chi connectivity index (χ1v) is 6.33. The van der Waals surface area contributed by atoms with Gasteiger partial charge in [-0.15, -0.1) is 0 Å². The monoisotopic (exact) mass is 256 g/mol. The van der Waals surface area contributed by atoms with Crippen LogP contribution in [0.1, 0.15) is 17.2 Å². The molecule has 1 atom stereocenters. The van der Waals surface area contributed by atoms with Gasteiger partial charge in [-0.3, -0.25) is 16.3 Å². The molecule has 0 aliphatic rings. The highest BCUT2D eigenvalue weighted by Gasteiger charge is 2.11. The van der Waals surface area contributed by atoms with Crippen LogP contribution in [0.3, 0.4) is 0 Å². The Balaban J connectivity index is 2.20. The van der Waals surface area contributed by atoms with E-state index in [0.29, 0.717) is 0 Å². The average molecular weight is 256 g/mol. The number of hydrogen-bond acceptors (Lipinski definition) is 4. The molecule has 19 heavy (non-hydrogen) atoms. The van der Waals surface area contributed by atoms with Gasteiger partial charge in [0.05, 0.1) is 6.04 Å². The zero-order valence-corrected chi connectivity index (χ0v) is 11.4. The highest BCUT2D eigenvalue weighted by molar-refractivity contribution is 5.48. The van der Waals surface area contributed by atoms with E-state index >= 15 is 0 Å². The molecule has 1 aromatic carbocycles. The van der Waals surface area contributed by atoms with Gasteiger partial charge in [0.15, 0.2) is 0 Å². The number of nitrogens with two attached hydrogens (primary N) is 1. The molecule has 0 amide bonds. The maximum atomic E-state index is 5.69. The molecule has 4 nitrogen and oxygen atoms in total. The van der Waals surface area contributed by atoms with Gasteiger partial charge in [-0.25, -0.2) is 0 Å². The van der Waals surface area contributed by atoms with Crippen LogP contribution < -0.4 is 16.2 Å². The third kappa shape index (κ3) is 3.53. The number of benzene rings is 1. The zero-order chi connectivity index (χ0) is 13.7. The number of nitrogens with zero attached hydrogens (tertiary/aromatic N) is 2. The van der Waals surface area contributed by atoms with Gasteiger partial charge in [-0.05, 0) is 35.7 Å². The third-order valence-corrected chi connectivity index (χ3v) is 3.15. The maximum Gasteiger partial charge on any atom is 0.0501 e. The van der Waals surface area contributed by atoms with Gasteiger partial charge in [0.25, 0.3) is 0 Å². The number of anilines is 1. The van der Waals surface area contributed by atoms with Crippen molar-refractivity contribution in [1.29, 1.82) is 0 Å². The summed E-state index contributed by atoms with van der Waals surface area (Å²) in [4.78, 5) is 6.22. The second kappa shape index (κ2) is 6.31. The molecule has 2 rings (SSSR count). The van der Waals surface area contributed by atoms with Crippen molar-refractivity contribution in [3.05, 3.63) is 59.9 Å². The molecule has 100 valence electrons. The molecule has 0 aliphatic carbocycles. The molecule has 0 aliphatic heterocycles. The van der Waals surface area contributed by atoms with Crippen molar-refractivity contribution in [3.63, 3.8) is 0 Å². The Hall–Kier alpha value is -1.91. The molecular weight excluding hydrogens is 236 g/mol. The molecule has 1 aromatic heterocycles.